The Bertz CT molecular complexity index is 134. The van der Waals surface area contributed by atoms with E-state index in [-0.39, 0.29) is 11.2 Å². The summed E-state index contributed by atoms with van der Waals surface area (Å²) in [4.78, 5) is 10.8. The van der Waals surface area contributed by atoms with Crippen LogP contribution in [0.3, 0.4) is 0 Å². The Morgan fingerprint density at radius 3 is 2.23 bits per heavy atom. The fraction of sp³-hybridized carbons (Fsp3) is 0.909. The highest BCUT2D eigenvalue weighted by atomic mass is 35.5. The van der Waals surface area contributed by atoms with Crippen molar-refractivity contribution < 1.29 is 4.79 Å². The number of rotatable bonds is 8. The summed E-state index contributed by atoms with van der Waals surface area (Å²) in [7, 11) is 0. The van der Waals surface area contributed by atoms with Crippen molar-refractivity contribution in [3.05, 3.63) is 0 Å². The molecule has 0 aromatic carbocycles. The van der Waals surface area contributed by atoms with Gasteiger partial charge >= 0.3 is 0 Å². The highest BCUT2D eigenvalue weighted by Crippen LogP contribution is 2.12. The topological polar surface area (TPSA) is 17.1 Å². The summed E-state index contributed by atoms with van der Waals surface area (Å²) in [5.41, 5.74) is 0. The first kappa shape index (κ1) is 13.0. The maximum atomic E-state index is 10.8. The second-order valence-corrected chi connectivity index (χ2v) is 4.16. The Kier molecular flexibility index (Phi) is 8.53. The average Bonchev–Trinajstić information content (AvgIpc) is 2.10. The van der Waals surface area contributed by atoms with Crippen molar-refractivity contribution >= 4 is 17.4 Å². The molecule has 0 heterocycles. The van der Waals surface area contributed by atoms with E-state index in [2.05, 4.69) is 6.92 Å². The zero-order valence-corrected chi connectivity index (χ0v) is 9.57. The van der Waals surface area contributed by atoms with E-state index in [4.69, 9.17) is 11.6 Å². The predicted octanol–water partition coefficient (Wildman–Crippen LogP) is 3.93. The van der Waals surface area contributed by atoms with Gasteiger partial charge in [0.15, 0.2) is 0 Å². The van der Waals surface area contributed by atoms with Crippen LogP contribution in [0.4, 0.5) is 0 Å². The molecule has 0 aliphatic heterocycles. The number of Topliss-reactive ketones (excluding diaryl/α,β-unsaturated/α-hetero) is 1. The minimum absolute atomic E-state index is 0.107. The Balaban J connectivity index is 3.11. The zero-order chi connectivity index (χ0) is 10.1. The quantitative estimate of drug-likeness (QED) is 0.433. The zero-order valence-electron chi connectivity index (χ0n) is 8.81. The van der Waals surface area contributed by atoms with Crippen molar-refractivity contribution in [3.63, 3.8) is 0 Å². The van der Waals surface area contributed by atoms with Crippen LogP contribution in [0.2, 0.25) is 0 Å². The molecule has 0 saturated carbocycles. The van der Waals surface area contributed by atoms with E-state index in [1.54, 1.807) is 6.92 Å². The number of unbranched alkanes of at least 4 members (excludes halogenated alkanes) is 5. The SMILES string of the molecule is CCCCCCCCC(Cl)C(C)=O. The van der Waals surface area contributed by atoms with Crippen LogP contribution in [-0.2, 0) is 4.79 Å². The van der Waals surface area contributed by atoms with Crippen LogP contribution in [0.1, 0.15) is 58.8 Å². The van der Waals surface area contributed by atoms with Gasteiger partial charge in [0.1, 0.15) is 5.78 Å². The van der Waals surface area contributed by atoms with Gasteiger partial charge in [-0.05, 0) is 13.3 Å². The third kappa shape index (κ3) is 8.29. The van der Waals surface area contributed by atoms with Crippen LogP contribution in [0.15, 0.2) is 0 Å². The standard InChI is InChI=1S/C11H21ClO/c1-3-4-5-6-7-8-9-11(12)10(2)13/h11H,3-9H2,1-2H3. The monoisotopic (exact) mass is 204 g/mol. The fourth-order valence-electron chi connectivity index (χ4n) is 1.31. The molecule has 0 rings (SSSR count). The number of alkyl halides is 1. The molecule has 0 radical (unpaired) electrons. The van der Waals surface area contributed by atoms with Crippen LogP contribution in [-0.4, -0.2) is 11.2 Å². The lowest BCUT2D eigenvalue weighted by Gasteiger charge is -2.04. The highest BCUT2D eigenvalue weighted by molar-refractivity contribution is 6.30. The highest BCUT2D eigenvalue weighted by Gasteiger charge is 2.08. The maximum absolute atomic E-state index is 10.8. The number of halogens is 1. The van der Waals surface area contributed by atoms with Crippen LogP contribution >= 0.6 is 11.6 Å². The summed E-state index contributed by atoms with van der Waals surface area (Å²) < 4.78 is 0. The first-order valence-electron chi connectivity index (χ1n) is 5.33. The lowest BCUT2D eigenvalue weighted by atomic mass is 10.1. The van der Waals surface area contributed by atoms with Gasteiger partial charge in [-0.25, -0.2) is 0 Å². The van der Waals surface area contributed by atoms with Crippen LogP contribution in [0, 0.1) is 0 Å². The van der Waals surface area contributed by atoms with Gasteiger partial charge in [0, 0.05) is 0 Å². The summed E-state index contributed by atoms with van der Waals surface area (Å²) in [5.74, 6) is 0.107. The molecule has 0 aliphatic rings. The van der Waals surface area contributed by atoms with Crippen LogP contribution < -0.4 is 0 Å². The van der Waals surface area contributed by atoms with E-state index in [0.717, 1.165) is 12.8 Å². The van der Waals surface area contributed by atoms with E-state index in [1.165, 1.54) is 32.1 Å². The first-order chi connectivity index (χ1) is 6.18. The van der Waals surface area contributed by atoms with Crippen molar-refractivity contribution in [1.29, 1.82) is 0 Å². The van der Waals surface area contributed by atoms with Gasteiger partial charge < -0.3 is 0 Å². The summed E-state index contributed by atoms with van der Waals surface area (Å²) in [6.07, 6.45) is 8.39. The number of carbonyl (C=O) groups is 1. The number of carbonyl (C=O) groups excluding carboxylic acids is 1. The minimum atomic E-state index is -0.244. The second kappa shape index (κ2) is 8.55. The molecule has 1 atom stereocenters. The van der Waals surface area contributed by atoms with E-state index in [9.17, 15) is 4.79 Å². The second-order valence-electron chi connectivity index (χ2n) is 3.63. The minimum Gasteiger partial charge on any atom is -0.298 e. The van der Waals surface area contributed by atoms with Gasteiger partial charge in [-0.3, -0.25) is 4.79 Å². The van der Waals surface area contributed by atoms with Crippen molar-refractivity contribution in [1.82, 2.24) is 0 Å². The summed E-state index contributed by atoms with van der Waals surface area (Å²) in [5, 5.41) is -0.244. The molecule has 0 aliphatic carbocycles. The van der Waals surface area contributed by atoms with Crippen molar-refractivity contribution in [2.24, 2.45) is 0 Å². The predicted molar refractivity (Wildman–Crippen MR) is 58.3 cm³/mol. The fourth-order valence-corrected chi connectivity index (χ4v) is 1.46. The molecule has 0 N–H and O–H groups in total. The molecule has 0 bridgehead atoms. The molecule has 0 fully saturated rings. The normalized spacial score (nSPS) is 12.8. The van der Waals surface area contributed by atoms with E-state index >= 15 is 0 Å². The van der Waals surface area contributed by atoms with E-state index in [0.29, 0.717) is 0 Å². The van der Waals surface area contributed by atoms with Gasteiger partial charge in [0.05, 0.1) is 5.38 Å². The smallest absolute Gasteiger partial charge is 0.147 e. The summed E-state index contributed by atoms with van der Waals surface area (Å²) in [6.45, 7) is 3.78. The molecule has 1 nitrogen and oxygen atoms in total. The molecule has 0 spiro atoms. The third-order valence-electron chi connectivity index (χ3n) is 2.25. The molecule has 0 saturated heterocycles. The van der Waals surface area contributed by atoms with Crippen molar-refractivity contribution in [2.75, 3.05) is 0 Å². The molecule has 13 heavy (non-hydrogen) atoms. The molecular weight excluding hydrogens is 184 g/mol. The number of hydrogen-bond acceptors (Lipinski definition) is 1. The molecule has 2 heteroatoms. The lowest BCUT2D eigenvalue weighted by molar-refractivity contribution is -0.116. The Morgan fingerprint density at radius 1 is 1.15 bits per heavy atom. The largest absolute Gasteiger partial charge is 0.298 e. The Hall–Kier alpha value is -0.0400. The third-order valence-corrected chi connectivity index (χ3v) is 2.78. The average molecular weight is 205 g/mol. The van der Waals surface area contributed by atoms with E-state index in [1.807, 2.05) is 0 Å². The lowest BCUT2D eigenvalue weighted by Crippen LogP contribution is -2.09. The van der Waals surface area contributed by atoms with Crippen molar-refractivity contribution in [3.8, 4) is 0 Å². The molecule has 0 aromatic heterocycles. The van der Waals surface area contributed by atoms with Crippen LogP contribution in [0.25, 0.3) is 0 Å². The van der Waals surface area contributed by atoms with Gasteiger partial charge in [0.25, 0.3) is 0 Å². The summed E-state index contributed by atoms with van der Waals surface area (Å²) >= 11 is 5.81. The molecule has 0 aromatic rings. The van der Waals surface area contributed by atoms with Crippen molar-refractivity contribution in [2.45, 2.75) is 64.2 Å². The Labute approximate surface area is 86.9 Å². The van der Waals surface area contributed by atoms with Gasteiger partial charge in [-0.1, -0.05) is 45.4 Å². The first-order valence-corrected chi connectivity index (χ1v) is 5.76. The van der Waals surface area contributed by atoms with E-state index < -0.39 is 0 Å². The molecular formula is C11H21ClO. The maximum Gasteiger partial charge on any atom is 0.147 e. The molecule has 1 unspecified atom stereocenters. The van der Waals surface area contributed by atoms with Gasteiger partial charge in [-0.15, -0.1) is 11.6 Å². The van der Waals surface area contributed by atoms with Gasteiger partial charge in [0.2, 0.25) is 0 Å². The van der Waals surface area contributed by atoms with Crippen LogP contribution in [0.5, 0.6) is 0 Å². The summed E-state index contributed by atoms with van der Waals surface area (Å²) in [6, 6.07) is 0. The molecule has 78 valence electrons. The Morgan fingerprint density at radius 2 is 1.69 bits per heavy atom. The number of ketones is 1. The van der Waals surface area contributed by atoms with Gasteiger partial charge in [-0.2, -0.15) is 0 Å². The number of hydrogen-bond donors (Lipinski definition) is 0. The molecule has 0 amide bonds.